The molecule has 1 nitrogen and oxygen atoms in total. The number of rotatable bonds is 5. The molecule has 0 unspecified atom stereocenters. The highest BCUT2D eigenvalue weighted by atomic mass is 15.2. The van der Waals surface area contributed by atoms with Crippen LogP contribution in [0.4, 0.5) is 11.4 Å². The maximum Gasteiger partial charge on any atom is 0.0457 e. The van der Waals surface area contributed by atoms with Crippen LogP contribution in [0.3, 0.4) is 0 Å². The molecule has 2 fully saturated rings. The van der Waals surface area contributed by atoms with Crippen LogP contribution in [0.15, 0.2) is 84.9 Å². The molecule has 0 aromatic heterocycles. The monoisotopic (exact) mass is 639 g/mol. The van der Waals surface area contributed by atoms with Crippen molar-refractivity contribution in [2.45, 2.75) is 136 Å². The van der Waals surface area contributed by atoms with Gasteiger partial charge in [0.1, 0.15) is 0 Å². The minimum absolute atomic E-state index is 0.144. The number of hydrogen-bond donors (Lipinski definition) is 0. The highest BCUT2D eigenvalue weighted by Crippen LogP contribution is 2.56. The molecule has 0 amide bonds. The minimum atomic E-state index is -0.695. The van der Waals surface area contributed by atoms with Crippen molar-refractivity contribution in [1.82, 2.24) is 0 Å². The van der Waals surface area contributed by atoms with Gasteiger partial charge < -0.3 is 4.90 Å². The average molecular weight is 640 g/mol. The number of benzene rings is 4. The quantitative estimate of drug-likeness (QED) is 0.210. The Morgan fingerprint density at radius 2 is 1.10 bits per heavy atom. The SMILES string of the molecule is [2H]C1(c2ccc(-c3ccccc3)cc2N(c2cc3c(cc2C2([2H])CCC(C)(C)CC2)C(C)(C)c2ccccc2-3)C(C)(C)C)CCC(C)(C)CC1. The molecule has 0 heterocycles. The Hall–Kier alpha value is -3.32. The van der Waals surface area contributed by atoms with Gasteiger partial charge in [0.05, 0.1) is 0 Å². The Labute approximate surface area is 295 Å². The van der Waals surface area contributed by atoms with Gasteiger partial charge in [-0.3, -0.25) is 0 Å². The van der Waals surface area contributed by atoms with Gasteiger partial charge in [-0.25, -0.2) is 0 Å². The Bertz CT molecular complexity index is 1890. The summed E-state index contributed by atoms with van der Waals surface area (Å²) >= 11 is 0. The van der Waals surface area contributed by atoms with Gasteiger partial charge in [-0.1, -0.05) is 114 Å². The first kappa shape index (κ1) is 30.7. The third kappa shape index (κ3) is 6.05. The topological polar surface area (TPSA) is 3.24 Å². The van der Waals surface area contributed by atoms with E-state index in [1.54, 1.807) is 0 Å². The third-order valence-corrected chi connectivity index (χ3v) is 12.1. The van der Waals surface area contributed by atoms with Crippen molar-refractivity contribution in [2.24, 2.45) is 10.8 Å². The molecule has 48 heavy (non-hydrogen) atoms. The van der Waals surface area contributed by atoms with E-state index in [0.717, 1.165) is 73.9 Å². The number of hydrogen-bond acceptors (Lipinski definition) is 1. The molecule has 0 radical (unpaired) electrons. The van der Waals surface area contributed by atoms with E-state index in [1.165, 1.54) is 33.4 Å². The van der Waals surface area contributed by atoms with Crippen LogP contribution in [0.1, 0.15) is 150 Å². The summed E-state index contributed by atoms with van der Waals surface area (Å²) in [5.41, 5.74) is 12.3. The van der Waals surface area contributed by atoms with E-state index in [2.05, 4.69) is 152 Å². The standard InChI is InChI=1S/C47H59N/c1-44(2,3)48(42-29-35(32-15-11-10-12-16-32)19-20-36(42)33-21-25-45(4,5)26-22-33)43-31-39-37-17-13-14-18-40(37)47(8,9)41(39)30-38(43)34-23-27-46(6,7)28-24-34/h10-20,29-31,33-34H,21-28H2,1-9H3/i33D,34D. The Balaban J connectivity index is 1.52. The molecule has 7 rings (SSSR count). The van der Waals surface area contributed by atoms with Gasteiger partial charge in [-0.05, 0) is 151 Å². The molecule has 3 aliphatic carbocycles. The Kier molecular flexibility index (Phi) is 7.63. The molecule has 0 aliphatic heterocycles. The fraction of sp³-hybridized carbons (Fsp3) is 0.489. The third-order valence-electron chi connectivity index (χ3n) is 12.1. The molecule has 3 aliphatic rings. The van der Waals surface area contributed by atoms with Gasteiger partial charge in [0.25, 0.3) is 0 Å². The summed E-state index contributed by atoms with van der Waals surface area (Å²) in [5, 5.41) is 0. The van der Waals surface area contributed by atoms with Crippen molar-refractivity contribution in [2.75, 3.05) is 4.90 Å². The van der Waals surface area contributed by atoms with E-state index < -0.39 is 11.8 Å². The van der Waals surface area contributed by atoms with E-state index in [-0.39, 0.29) is 21.8 Å². The molecular formula is C47H59N. The minimum Gasteiger partial charge on any atom is -0.336 e. The largest absolute Gasteiger partial charge is 0.336 e. The van der Waals surface area contributed by atoms with E-state index in [9.17, 15) is 2.74 Å². The molecule has 252 valence electrons. The summed E-state index contributed by atoms with van der Waals surface area (Å²) in [4.78, 5) is 2.56. The van der Waals surface area contributed by atoms with Gasteiger partial charge >= 0.3 is 0 Å². The second-order valence-electron chi connectivity index (χ2n) is 18.2. The average Bonchev–Trinajstić information content (AvgIpc) is 3.29. The predicted octanol–water partition coefficient (Wildman–Crippen LogP) is 14.0. The lowest BCUT2D eigenvalue weighted by atomic mass is 9.70. The van der Waals surface area contributed by atoms with Gasteiger partial charge in [0.2, 0.25) is 0 Å². The highest BCUT2D eigenvalue weighted by molar-refractivity contribution is 5.87. The van der Waals surface area contributed by atoms with E-state index in [0.29, 0.717) is 0 Å². The van der Waals surface area contributed by atoms with Crippen molar-refractivity contribution in [3.63, 3.8) is 0 Å². The van der Waals surface area contributed by atoms with Gasteiger partial charge in [0, 0.05) is 25.1 Å². The predicted molar refractivity (Wildman–Crippen MR) is 208 cm³/mol. The van der Waals surface area contributed by atoms with Gasteiger partial charge in [-0.2, -0.15) is 0 Å². The smallest absolute Gasteiger partial charge is 0.0457 e. The first-order chi connectivity index (χ1) is 23.3. The Morgan fingerprint density at radius 3 is 1.71 bits per heavy atom. The molecule has 0 atom stereocenters. The molecular weight excluding hydrogens is 579 g/mol. The molecule has 2 saturated carbocycles. The zero-order valence-electron chi connectivity index (χ0n) is 33.2. The first-order valence-electron chi connectivity index (χ1n) is 19.6. The number of anilines is 2. The summed E-state index contributed by atoms with van der Waals surface area (Å²) < 4.78 is 20.5. The molecule has 0 saturated heterocycles. The first-order valence-corrected chi connectivity index (χ1v) is 18.6. The van der Waals surface area contributed by atoms with Crippen molar-refractivity contribution in [3.8, 4) is 22.3 Å². The lowest BCUT2D eigenvalue weighted by molar-refractivity contribution is 0.224. The van der Waals surface area contributed by atoms with Crippen LogP contribution < -0.4 is 4.90 Å². The van der Waals surface area contributed by atoms with Gasteiger partial charge in [-0.15, -0.1) is 0 Å². The second kappa shape index (κ2) is 11.9. The van der Waals surface area contributed by atoms with Crippen LogP contribution in [0, 0.1) is 10.8 Å². The fourth-order valence-electron chi connectivity index (χ4n) is 8.88. The van der Waals surface area contributed by atoms with Crippen molar-refractivity contribution >= 4 is 11.4 Å². The maximum absolute atomic E-state index is 10.3. The molecule has 4 aromatic rings. The fourth-order valence-corrected chi connectivity index (χ4v) is 8.88. The molecule has 4 aromatic carbocycles. The highest BCUT2D eigenvalue weighted by Gasteiger charge is 2.40. The van der Waals surface area contributed by atoms with Crippen LogP contribution in [0.5, 0.6) is 0 Å². The summed E-state index contributed by atoms with van der Waals surface area (Å²) in [6, 6.07) is 31.5. The summed E-state index contributed by atoms with van der Waals surface area (Å²) in [5.74, 6) is -1.37. The van der Waals surface area contributed by atoms with E-state index in [1.807, 2.05) is 0 Å². The second-order valence-corrected chi connectivity index (χ2v) is 18.2. The molecule has 0 bridgehead atoms. The maximum atomic E-state index is 10.3. The zero-order valence-corrected chi connectivity index (χ0v) is 31.2. The van der Waals surface area contributed by atoms with E-state index in [4.69, 9.17) is 0 Å². The van der Waals surface area contributed by atoms with Crippen LogP contribution in [0.25, 0.3) is 22.3 Å². The zero-order chi connectivity index (χ0) is 35.9. The van der Waals surface area contributed by atoms with Crippen LogP contribution >= 0.6 is 0 Å². The van der Waals surface area contributed by atoms with Crippen molar-refractivity contribution < 1.29 is 2.74 Å². The summed E-state index contributed by atoms with van der Waals surface area (Å²) in [6.45, 7) is 21.2. The summed E-state index contributed by atoms with van der Waals surface area (Å²) in [6.07, 6.45) is 7.61. The molecule has 1 heteroatoms. The van der Waals surface area contributed by atoms with E-state index >= 15 is 0 Å². The lowest BCUT2D eigenvalue weighted by Crippen LogP contribution is -2.39. The van der Waals surface area contributed by atoms with Gasteiger partial charge in [0.15, 0.2) is 0 Å². The number of fused-ring (bicyclic) bond motifs is 3. The van der Waals surface area contributed by atoms with Crippen molar-refractivity contribution in [1.29, 1.82) is 0 Å². The number of nitrogens with zero attached hydrogens (tertiary/aromatic N) is 1. The van der Waals surface area contributed by atoms with Crippen LogP contribution in [0.2, 0.25) is 0 Å². The van der Waals surface area contributed by atoms with Crippen LogP contribution in [-0.2, 0) is 5.41 Å². The van der Waals surface area contributed by atoms with Crippen molar-refractivity contribution in [3.05, 3.63) is 107 Å². The summed E-state index contributed by atoms with van der Waals surface area (Å²) in [7, 11) is 0. The molecule has 0 N–H and O–H groups in total. The Morgan fingerprint density at radius 1 is 0.562 bits per heavy atom. The molecule has 0 spiro atoms. The van der Waals surface area contributed by atoms with Crippen LogP contribution in [-0.4, -0.2) is 5.54 Å². The lowest BCUT2D eigenvalue weighted by Gasteiger charge is -2.44. The normalized spacial score (nSPS) is 22.2.